The Morgan fingerprint density at radius 2 is 2.17 bits per heavy atom. The summed E-state index contributed by atoms with van der Waals surface area (Å²) in [6, 6.07) is 4.28. The van der Waals surface area contributed by atoms with Crippen LogP contribution in [0.5, 0.6) is 5.75 Å². The lowest BCUT2D eigenvalue weighted by Crippen LogP contribution is -2.15. The predicted molar refractivity (Wildman–Crippen MR) is 82.8 cm³/mol. The number of rotatable bonds is 4. The summed E-state index contributed by atoms with van der Waals surface area (Å²) in [7, 11) is 1.36. The highest BCUT2D eigenvalue weighted by atomic mass is 16.6. The van der Waals surface area contributed by atoms with Gasteiger partial charge in [-0.2, -0.15) is 5.10 Å². The van der Waals surface area contributed by atoms with Gasteiger partial charge in [-0.25, -0.2) is 0 Å². The van der Waals surface area contributed by atoms with Gasteiger partial charge < -0.3 is 10.1 Å². The number of benzene rings is 1. The standard InChI is InChI=1S/C15H16N4O4/c1-23-13-7-6-9(8-12(13)19(21)22)16-15(20)14-10-4-2-3-5-11(10)17-18-14/h6-8H,2-5H2,1H3,(H,16,20)(H,17,18). The number of anilines is 1. The molecule has 0 saturated carbocycles. The normalized spacial score (nSPS) is 13.3. The molecule has 0 unspecified atom stereocenters. The summed E-state index contributed by atoms with van der Waals surface area (Å²) in [4.78, 5) is 22.9. The summed E-state index contributed by atoms with van der Waals surface area (Å²) >= 11 is 0. The van der Waals surface area contributed by atoms with Crippen LogP contribution in [-0.2, 0) is 12.8 Å². The van der Waals surface area contributed by atoms with Gasteiger partial charge in [0.25, 0.3) is 5.91 Å². The number of H-pyrrole nitrogens is 1. The van der Waals surface area contributed by atoms with Crippen LogP contribution in [0.4, 0.5) is 11.4 Å². The van der Waals surface area contributed by atoms with E-state index < -0.39 is 4.92 Å². The third-order valence-corrected chi connectivity index (χ3v) is 3.90. The Kier molecular flexibility index (Phi) is 3.96. The zero-order valence-electron chi connectivity index (χ0n) is 12.6. The molecule has 0 bridgehead atoms. The van der Waals surface area contributed by atoms with Gasteiger partial charge in [-0.1, -0.05) is 0 Å². The lowest BCUT2D eigenvalue weighted by Gasteiger charge is -2.11. The molecule has 0 atom stereocenters. The monoisotopic (exact) mass is 316 g/mol. The van der Waals surface area contributed by atoms with Crippen LogP contribution in [0.25, 0.3) is 0 Å². The summed E-state index contributed by atoms with van der Waals surface area (Å²) in [5.41, 5.74) is 2.43. The Bertz CT molecular complexity index is 769. The SMILES string of the molecule is COc1ccc(NC(=O)c2n[nH]c3c2CCCC3)cc1[N+](=O)[O-]. The lowest BCUT2D eigenvalue weighted by atomic mass is 9.96. The van der Waals surface area contributed by atoms with Crippen molar-refractivity contribution in [1.29, 1.82) is 0 Å². The summed E-state index contributed by atoms with van der Waals surface area (Å²) in [6.45, 7) is 0. The Hall–Kier alpha value is -2.90. The van der Waals surface area contributed by atoms with Crippen molar-refractivity contribution in [3.63, 3.8) is 0 Å². The fraction of sp³-hybridized carbons (Fsp3) is 0.333. The minimum atomic E-state index is -0.551. The van der Waals surface area contributed by atoms with Crippen LogP contribution < -0.4 is 10.1 Å². The van der Waals surface area contributed by atoms with Gasteiger partial charge in [0.1, 0.15) is 0 Å². The van der Waals surface area contributed by atoms with Crippen molar-refractivity contribution in [3.05, 3.63) is 45.3 Å². The Balaban J connectivity index is 1.84. The van der Waals surface area contributed by atoms with E-state index in [9.17, 15) is 14.9 Å². The number of nitrogens with one attached hydrogen (secondary N) is 2. The summed E-state index contributed by atoms with van der Waals surface area (Å²) in [6.07, 6.45) is 3.82. The topological polar surface area (TPSA) is 110 Å². The lowest BCUT2D eigenvalue weighted by molar-refractivity contribution is -0.385. The quantitative estimate of drug-likeness (QED) is 0.665. The van der Waals surface area contributed by atoms with E-state index in [0.717, 1.165) is 36.9 Å². The number of aryl methyl sites for hydroxylation is 1. The molecule has 0 fully saturated rings. The molecular formula is C15H16N4O4. The second-order valence-electron chi connectivity index (χ2n) is 5.33. The van der Waals surface area contributed by atoms with E-state index in [-0.39, 0.29) is 17.3 Å². The second kappa shape index (κ2) is 6.07. The van der Waals surface area contributed by atoms with Crippen molar-refractivity contribution in [2.75, 3.05) is 12.4 Å². The first-order valence-electron chi connectivity index (χ1n) is 7.30. The van der Waals surface area contributed by atoms with E-state index in [1.807, 2.05) is 0 Å². The molecule has 1 heterocycles. The molecule has 0 radical (unpaired) electrons. The van der Waals surface area contributed by atoms with Gasteiger partial charge in [0, 0.05) is 23.0 Å². The molecular weight excluding hydrogens is 300 g/mol. The van der Waals surface area contributed by atoms with Crippen molar-refractivity contribution in [2.24, 2.45) is 0 Å². The Morgan fingerprint density at radius 1 is 1.39 bits per heavy atom. The number of carbonyl (C=O) groups is 1. The largest absolute Gasteiger partial charge is 0.490 e. The van der Waals surface area contributed by atoms with E-state index in [4.69, 9.17) is 4.74 Å². The van der Waals surface area contributed by atoms with Crippen LogP contribution in [0, 0.1) is 10.1 Å². The van der Waals surface area contributed by atoms with Gasteiger partial charge in [0.15, 0.2) is 11.4 Å². The number of nitro benzene ring substituents is 1. The van der Waals surface area contributed by atoms with E-state index in [2.05, 4.69) is 15.5 Å². The number of fused-ring (bicyclic) bond motifs is 1. The van der Waals surface area contributed by atoms with Gasteiger partial charge in [0.05, 0.1) is 12.0 Å². The first kappa shape index (κ1) is 15.0. The number of methoxy groups -OCH3 is 1. The first-order valence-corrected chi connectivity index (χ1v) is 7.30. The first-order chi connectivity index (χ1) is 11.1. The predicted octanol–water partition coefficient (Wildman–Crippen LogP) is 2.46. The molecule has 1 aliphatic rings. The number of hydrogen-bond donors (Lipinski definition) is 2. The molecule has 8 heteroatoms. The summed E-state index contributed by atoms with van der Waals surface area (Å²) in [5.74, 6) is -0.228. The fourth-order valence-electron chi connectivity index (χ4n) is 2.77. The van der Waals surface area contributed by atoms with Crippen LogP contribution in [-0.4, -0.2) is 28.1 Å². The number of carbonyl (C=O) groups excluding carboxylic acids is 1. The van der Waals surface area contributed by atoms with Crippen LogP contribution >= 0.6 is 0 Å². The number of ether oxygens (including phenoxy) is 1. The molecule has 8 nitrogen and oxygen atoms in total. The minimum Gasteiger partial charge on any atom is -0.490 e. The highest BCUT2D eigenvalue weighted by Crippen LogP contribution is 2.30. The molecule has 1 aromatic heterocycles. The molecule has 1 amide bonds. The number of hydrogen-bond acceptors (Lipinski definition) is 5. The maximum atomic E-state index is 12.4. The molecule has 2 aromatic rings. The number of aromatic amines is 1. The second-order valence-corrected chi connectivity index (χ2v) is 5.33. The third kappa shape index (κ3) is 2.87. The summed E-state index contributed by atoms with van der Waals surface area (Å²) < 4.78 is 4.94. The maximum Gasteiger partial charge on any atom is 0.312 e. The molecule has 1 aromatic carbocycles. The molecule has 1 aliphatic carbocycles. The van der Waals surface area contributed by atoms with Crippen LogP contribution in [0.2, 0.25) is 0 Å². The number of nitrogens with zero attached hydrogens (tertiary/aromatic N) is 2. The molecule has 23 heavy (non-hydrogen) atoms. The van der Waals surface area contributed by atoms with Crippen molar-refractivity contribution in [3.8, 4) is 5.75 Å². The van der Waals surface area contributed by atoms with Gasteiger partial charge in [-0.15, -0.1) is 0 Å². The van der Waals surface area contributed by atoms with E-state index in [0.29, 0.717) is 11.4 Å². The van der Waals surface area contributed by atoms with Gasteiger partial charge in [-0.05, 0) is 37.8 Å². The fourth-order valence-corrected chi connectivity index (χ4v) is 2.77. The van der Waals surface area contributed by atoms with Crippen molar-refractivity contribution < 1.29 is 14.5 Å². The van der Waals surface area contributed by atoms with Gasteiger partial charge in [-0.3, -0.25) is 20.0 Å². The van der Waals surface area contributed by atoms with E-state index in [1.54, 1.807) is 6.07 Å². The molecule has 0 spiro atoms. The molecule has 3 rings (SSSR count). The molecule has 0 saturated heterocycles. The van der Waals surface area contributed by atoms with Crippen LogP contribution in [0.3, 0.4) is 0 Å². The Labute approximate surface area is 132 Å². The highest BCUT2D eigenvalue weighted by Gasteiger charge is 2.22. The molecule has 0 aliphatic heterocycles. The molecule has 120 valence electrons. The average molecular weight is 316 g/mol. The number of nitro groups is 1. The highest BCUT2D eigenvalue weighted by molar-refractivity contribution is 6.04. The van der Waals surface area contributed by atoms with Crippen molar-refractivity contribution >= 4 is 17.3 Å². The maximum absolute atomic E-state index is 12.4. The van der Waals surface area contributed by atoms with E-state index >= 15 is 0 Å². The van der Waals surface area contributed by atoms with Gasteiger partial charge >= 0.3 is 5.69 Å². The molecule has 2 N–H and O–H groups in total. The van der Waals surface area contributed by atoms with E-state index in [1.165, 1.54) is 19.2 Å². The minimum absolute atomic E-state index is 0.144. The number of aromatic nitrogens is 2. The van der Waals surface area contributed by atoms with Crippen molar-refractivity contribution in [1.82, 2.24) is 10.2 Å². The zero-order valence-corrected chi connectivity index (χ0v) is 12.6. The smallest absolute Gasteiger partial charge is 0.312 e. The van der Waals surface area contributed by atoms with Crippen LogP contribution in [0.15, 0.2) is 18.2 Å². The van der Waals surface area contributed by atoms with Crippen LogP contribution in [0.1, 0.15) is 34.6 Å². The summed E-state index contributed by atoms with van der Waals surface area (Å²) in [5, 5.41) is 20.7. The number of amides is 1. The zero-order chi connectivity index (χ0) is 16.4. The van der Waals surface area contributed by atoms with Crippen molar-refractivity contribution in [2.45, 2.75) is 25.7 Å². The van der Waals surface area contributed by atoms with Gasteiger partial charge in [0.2, 0.25) is 0 Å². The Morgan fingerprint density at radius 3 is 2.91 bits per heavy atom. The third-order valence-electron chi connectivity index (χ3n) is 3.90. The average Bonchev–Trinajstić information content (AvgIpc) is 2.98.